The van der Waals surface area contributed by atoms with E-state index in [1.807, 2.05) is 12.1 Å². The van der Waals surface area contributed by atoms with Gasteiger partial charge in [-0.25, -0.2) is 14.4 Å². The van der Waals surface area contributed by atoms with Crippen molar-refractivity contribution in [1.82, 2.24) is 20.2 Å². The predicted molar refractivity (Wildman–Crippen MR) is 127 cm³/mol. The molecule has 34 heavy (non-hydrogen) atoms. The number of anilines is 1. The minimum Gasteiger partial charge on any atom is -0.507 e. The molecule has 3 aliphatic rings. The lowest BCUT2D eigenvalue weighted by atomic mass is 9.69. The molecule has 4 atom stereocenters. The molecule has 3 fully saturated rings. The smallest absolute Gasteiger partial charge is 0.194 e. The Balaban J connectivity index is 1.25. The molecule has 0 amide bonds. The van der Waals surface area contributed by atoms with Gasteiger partial charge in [-0.15, -0.1) is 21.5 Å². The fourth-order valence-corrected chi connectivity index (χ4v) is 6.33. The van der Waals surface area contributed by atoms with Gasteiger partial charge in [-0.1, -0.05) is 18.9 Å². The van der Waals surface area contributed by atoms with E-state index in [0.717, 1.165) is 38.5 Å². The summed E-state index contributed by atoms with van der Waals surface area (Å²) in [6, 6.07) is 7.32. The molecule has 3 aromatic rings. The molecule has 1 N–H and O–H groups in total. The number of halogens is 1. The van der Waals surface area contributed by atoms with Crippen LogP contribution in [0.25, 0.3) is 22.6 Å². The maximum atomic E-state index is 15.5. The highest BCUT2D eigenvalue weighted by Gasteiger charge is 2.46. The van der Waals surface area contributed by atoms with Gasteiger partial charge in [0.15, 0.2) is 16.6 Å². The normalized spacial score (nSPS) is 26.1. The SMILES string of the molecule is N#Cc1nc(-c2ccc(-c3ncc(N(C4CC4)[C@@H]4C[C@H]5CCC[C@H](C5)[C@@H]4F)nn3)c(O)c2)cs1. The van der Waals surface area contributed by atoms with Gasteiger partial charge >= 0.3 is 0 Å². The number of phenolic OH excluding ortho intramolecular Hbond substituents is 1. The molecule has 2 heterocycles. The molecule has 3 aliphatic carbocycles. The quantitative estimate of drug-likeness (QED) is 0.545. The Bertz CT molecular complexity index is 1240. The number of phenols is 1. The zero-order valence-corrected chi connectivity index (χ0v) is 19.5. The van der Waals surface area contributed by atoms with Crippen LogP contribution in [-0.2, 0) is 0 Å². The van der Waals surface area contributed by atoms with E-state index in [1.54, 1.807) is 23.7 Å². The van der Waals surface area contributed by atoms with Crippen molar-refractivity contribution >= 4 is 17.2 Å². The van der Waals surface area contributed by atoms with Gasteiger partial charge in [0.2, 0.25) is 0 Å². The van der Waals surface area contributed by atoms with Crippen LogP contribution in [-0.4, -0.2) is 43.5 Å². The highest BCUT2D eigenvalue weighted by Crippen LogP contribution is 2.46. The van der Waals surface area contributed by atoms with E-state index in [0.29, 0.717) is 45.4 Å². The van der Waals surface area contributed by atoms with Crippen molar-refractivity contribution in [3.05, 3.63) is 34.8 Å². The van der Waals surface area contributed by atoms with Crippen molar-refractivity contribution in [3.8, 4) is 34.5 Å². The molecule has 7 nitrogen and oxygen atoms in total. The van der Waals surface area contributed by atoms with Crippen molar-refractivity contribution < 1.29 is 9.50 Å². The maximum Gasteiger partial charge on any atom is 0.194 e. The van der Waals surface area contributed by atoms with Gasteiger partial charge in [0.25, 0.3) is 0 Å². The summed E-state index contributed by atoms with van der Waals surface area (Å²) in [5.41, 5.74) is 1.81. The van der Waals surface area contributed by atoms with E-state index in [-0.39, 0.29) is 17.7 Å². The zero-order valence-electron chi connectivity index (χ0n) is 18.6. The Morgan fingerprint density at radius 3 is 2.74 bits per heavy atom. The second-order valence-corrected chi connectivity index (χ2v) is 10.6. The van der Waals surface area contributed by atoms with E-state index in [4.69, 9.17) is 5.26 Å². The van der Waals surface area contributed by atoms with Gasteiger partial charge in [-0.05, 0) is 56.1 Å². The number of nitrogens with zero attached hydrogens (tertiary/aromatic N) is 6. The van der Waals surface area contributed by atoms with Crippen molar-refractivity contribution in [2.24, 2.45) is 11.8 Å². The molecule has 6 rings (SSSR count). The third-order valence-electron chi connectivity index (χ3n) is 7.46. The first-order chi connectivity index (χ1) is 16.6. The number of hydrogen-bond acceptors (Lipinski definition) is 8. The topological polar surface area (TPSA) is 98.8 Å². The van der Waals surface area contributed by atoms with Crippen LogP contribution in [0.5, 0.6) is 5.75 Å². The fourth-order valence-electron chi connectivity index (χ4n) is 5.72. The van der Waals surface area contributed by atoms with Gasteiger partial charge in [-0.2, -0.15) is 5.26 Å². The summed E-state index contributed by atoms with van der Waals surface area (Å²) < 4.78 is 15.5. The van der Waals surface area contributed by atoms with Gasteiger partial charge < -0.3 is 10.0 Å². The molecular weight excluding hydrogens is 451 g/mol. The van der Waals surface area contributed by atoms with Crippen LogP contribution in [0.15, 0.2) is 29.8 Å². The minimum absolute atomic E-state index is 0.0153. The second-order valence-electron chi connectivity index (χ2n) is 9.70. The van der Waals surface area contributed by atoms with Gasteiger partial charge in [0.1, 0.15) is 18.0 Å². The summed E-state index contributed by atoms with van der Waals surface area (Å²) in [6.45, 7) is 0. The summed E-state index contributed by atoms with van der Waals surface area (Å²) in [6.07, 6.45) is 8.18. The van der Waals surface area contributed by atoms with Crippen molar-refractivity contribution in [3.63, 3.8) is 0 Å². The summed E-state index contributed by atoms with van der Waals surface area (Å²) in [5.74, 6) is 1.73. The van der Waals surface area contributed by atoms with Crippen molar-refractivity contribution in [1.29, 1.82) is 5.26 Å². The van der Waals surface area contributed by atoms with Crippen LogP contribution in [0, 0.1) is 23.2 Å². The molecule has 3 saturated carbocycles. The third kappa shape index (κ3) is 3.90. The van der Waals surface area contributed by atoms with E-state index in [2.05, 4.69) is 25.1 Å². The summed E-state index contributed by atoms with van der Waals surface area (Å²) >= 11 is 1.26. The van der Waals surface area contributed by atoms with Crippen molar-refractivity contribution in [2.75, 3.05) is 4.90 Å². The first-order valence-electron chi connectivity index (χ1n) is 11.9. The van der Waals surface area contributed by atoms with E-state index in [1.165, 1.54) is 17.8 Å². The number of aromatic nitrogens is 4. The molecule has 0 radical (unpaired) electrons. The third-order valence-corrected chi connectivity index (χ3v) is 8.21. The molecule has 0 saturated heterocycles. The first-order valence-corrected chi connectivity index (χ1v) is 12.8. The highest BCUT2D eigenvalue weighted by molar-refractivity contribution is 7.10. The number of thiazole rings is 1. The number of aromatic hydroxyl groups is 1. The molecule has 1 aromatic carbocycles. The predicted octanol–water partition coefficient (Wildman–Crippen LogP) is 5.12. The fraction of sp³-hybridized carbons (Fsp3) is 0.480. The van der Waals surface area contributed by atoms with Crippen LogP contribution in [0.3, 0.4) is 0 Å². The molecule has 2 aromatic heterocycles. The van der Waals surface area contributed by atoms with E-state index >= 15 is 4.39 Å². The zero-order chi connectivity index (χ0) is 23.2. The summed E-state index contributed by atoms with van der Waals surface area (Å²) in [5, 5.41) is 30.5. The Kier molecular flexibility index (Phi) is 5.41. The molecule has 9 heteroatoms. The highest BCUT2D eigenvalue weighted by atomic mass is 32.1. The number of benzene rings is 1. The average Bonchev–Trinajstić information content (AvgIpc) is 3.57. The molecule has 174 valence electrons. The van der Waals surface area contributed by atoms with Crippen LogP contribution in [0.1, 0.15) is 50.0 Å². The van der Waals surface area contributed by atoms with Gasteiger partial charge in [0, 0.05) is 17.0 Å². The Morgan fingerprint density at radius 2 is 2.03 bits per heavy atom. The van der Waals surface area contributed by atoms with Crippen molar-refractivity contribution in [2.45, 2.75) is 63.2 Å². The largest absolute Gasteiger partial charge is 0.507 e. The van der Waals surface area contributed by atoms with Crippen LogP contribution in [0.2, 0.25) is 0 Å². The number of rotatable bonds is 5. The summed E-state index contributed by atoms with van der Waals surface area (Å²) in [4.78, 5) is 10.9. The Labute approximate surface area is 201 Å². The second kappa shape index (κ2) is 8.58. The van der Waals surface area contributed by atoms with E-state index in [9.17, 15) is 5.11 Å². The molecular formula is C25H25FN6OS. The van der Waals surface area contributed by atoms with Gasteiger partial charge in [-0.3, -0.25) is 0 Å². The maximum absolute atomic E-state index is 15.5. The number of alkyl halides is 1. The van der Waals surface area contributed by atoms with Crippen LogP contribution >= 0.6 is 11.3 Å². The molecule has 0 spiro atoms. The monoisotopic (exact) mass is 476 g/mol. The summed E-state index contributed by atoms with van der Waals surface area (Å²) in [7, 11) is 0. The van der Waals surface area contributed by atoms with Crippen LogP contribution < -0.4 is 4.90 Å². The average molecular weight is 477 g/mol. The number of nitriles is 1. The molecule has 0 unspecified atom stereocenters. The minimum atomic E-state index is -0.831. The lowest BCUT2D eigenvalue weighted by Gasteiger charge is -2.46. The molecule has 2 bridgehead atoms. The van der Waals surface area contributed by atoms with Gasteiger partial charge in [0.05, 0.1) is 23.5 Å². The lowest BCUT2D eigenvalue weighted by Crippen LogP contribution is -2.52. The number of hydrogen-bond donors (Lipinski definition) is 1. The van der Waals surface area contributed by atoms with E-state index < -0.39 is 6.17 Å². The standard InChI is InChI=1S/C25H25FN6OS/c26-24-16-3-1-2-14(8-16)9-20(24)32(17-5-6-17)22-12-28-25(31-30-22)18-7-4-15(10-21(18)33)19-13-34-23(11-27)29-19/h4,7,10,12-14,16-17,20,24,33H,1-3,5-6,8-9H2/t14-,16+,20+,24-/m0/s1. The number of fused-ring (bicyclic) bond motifs is 2. The Hall–Kier alpha value is -3.12. The first kappa shape index (κ1) is 21.4. The lowest BCUT2D eigenvalue weighted by molar-refractivity contribution is 0.0631. The van der Waals surface area contributed by atoms with Crippen LogP contribution in [0.4, 0.5) is 10.2 Å². The molecule has 0 aliphatic heterocycles. The Morgan fingerprint density at radius 1 is 1.15 bits per heavy atom.